The number of carbonyl (C=O) groups is 1. The van der Waals surface area contributed by atoms with Gasteiger partial charge in [-0.25, -0.2) is 8.78 Å². The Bertz CT molecular complexity index is 685. The zero-order chi connectivity index (χ0) is 16.4. The van der Waals surface area contributed by atoms with Crippen LogP contribution in [0.1, 0.15) is 17.0 Å². The van der Waals surface area contributed by atoms with Crippen molar-refractivity contribution in [3.63, 3.8) is 0 Å². The molecule has 120 valence electrons. The fraction of sp³-hybridized carbons (Fsp3) is 0.278. The maximum atomic E-state index is 13.7. The minimum absolute atomic E-state index is 0.0469. The van der Waals surface area contributed by atoms with Crippen molar-refractivity contribution in [1.82, 2.24) is 4.90 Å². The number of halogens is 2. The zero-order valence-corrected chi connectivity index (χ0v) is 12.6. The number of hydrogen-bond acceptors (Lipinski definition) is 2. The molecule has 1 amide bonds. The van der Waals surface area contributed by atoms with E-state index >= 15 is 0 Å². The fourth-order valence-electron chi connectivity index (χ4n) is 3.05. The molecule has 3 nitrogen and oxygen atoms in total. The molecule has 0 aliphatic carbocycles. The van der Waals surface area contributed by atoms with Gasteiger partial charge in [-0.05, 0) is 17.7 Å². The minimum atomic E-state index is -0.693. The molecule has 0 spiro atoms. The molecule has 2 aromatic rings. The molecule has 1 saturated heterocycles. The van der Waals surface area contributed by atoms with E-state index in [4.69, 9.17) is 5.73 Å². The Kier molecular flexibility index (Phi) is 4.39. The normalized spacial score (nSPS) is 20.7. The average Bonchev–Trinajstić information content (AvgIpc) is 2.94. The number of carbonyl (C=O) groups excluding carboxylic acids is 1. The third kappa shape index (κ3) is 3.24. The predicted octanol–water partition coefficient (Wildman–Crippen LogP) is 2.46. The van der Waals surface area contributed by atoms with Crippen LogP contribution in [-0.2, 0) is 11.2 Å². The van der Waals surface area contributed by atoms with Crippen LogP contribution >= 0.6 is 0 Å². The van der Waals surface area contributed by atoms with Gasteiger partial charge in [0.25, 0.3) is 0 Å². The Morgan fingerprint density at radius 1 is 1.04 bits per heavy atom. The highest BCUT2D eigenvalue weighted by Crippen LogP contribution is 2.27. The van der Waals surface area contributed by atoms with E-state index in [1.165, 1.54) is 6.07 Å². The Labute approximate surface area is 133 Å². The van der Waals surface area contributed by atoms with E-state index in [1.807, 2.05) is 30.3 Å². The summed E-state index contributed by atoms with van der Waals surface area (Å²) in [6.45, 7) is 0.870. The van der Waals surface area contributed by atoms with Crippen molar-refractivity contribution in [1.29, 1.82) is 0 Å². The van der Waals surface area contributed by atoms with Gasteiger partial charge in [0.2, 0.25) is 5.91 Å². The number of hydrogen-bond donors (Lipinski definition) is 1. The molecule has 0 radical (unpaired) electrons. The second-order valence-electron chi connectivity index (χ2n) is 5.86. The number of nitrogens with two attached hydrogens (primary N) is 1. The van der Waals surface area contributed by atoms with Gasteiger partial charge in [-0.15, -0.1) is 0 Å². The summed E-state index contributed by atoms with van der Waals surface area (Å²) in [4.78, 5) is 14.0. The summed E-state index contributed by atoms with van der Waals surface area (Å²) >= 11 is 0. The van der Waals surface area contributed by atoms with Crippen LogP contribution in [0.5, 0.6) is 0 Å². The van der Waals surface area contributed by atoms with E-state index in [9.17, 15) is 13.6 Å². The maximum absolute atomic E-state index is 13.7. The first-order chi connectivity index (χ1) is 11.1. The van der Waals surface area contributed by atoms with E-state index < -0.39 is 11.6 Å². The quantitative estimate of drug-likeness (QED) is 0.945. The number of rotatable bonds is 3. The smallest absolute Gasteiger partial charge is 0.227 e. The maximum Gasteiger partial charge on any atom is 0.227 e. The van der Waals surface area contributed by atoms with Crippen LogP contribution in [0.4, 0.5) is 8.78 Å². The second kappa shape index (κ2) is 6.46. The van der Waals surface area contributed by atoms with Gasteiger partial charge in [-0.3, -0.25) is 4.79 Å². The monoisotopic (exact) mass is 316 g/mol. The largest absolute Gasteiger partial charge is 0.340 e. The highest BCUT2D eigenvalue weighted by molar-refractivity contribution is 5.79. The molecule has 23 heavy (non-hydrogen) atoms. The highest BCUT2D eigenvalue weighted by atomic mass is 19.1. The SMILES string of the molecule is N[C@@H]1CN(C(=O)Cc2c(F)cccc2F)C[C@H]1c1ccccc1. The molecule has 0 saturated carbocycles. The van der Waals surface area contributed by atoms with Gasteiger partial charge >= 0.3 is 0 Å². The number of amides is 1. The van der Waals surface area contributed by atoms with Gasteiger partial charge in [0.1, 0.15) is 11.6 Å². The van der Waals surface area contributed by atoms with Crippen LogP contribution in [0.3, 0.4) is 0 Å². The standard InChI is InChI=1S/C18H18F2N2O/c19-15-7-4-8-16(20)13(15)9-18(23)22-10-14(17(21)11-22)12-5-2-1-3-6-12/h1-8,14,17H,9-11,21H2/t14-,17+/m0/s1. The van der Waals surface area contributed by atoms with Crippen LogP contribution in [0.25, 0.3) is 0 Å². The Balaban J connectivity index is 1.72. The molecule has 2 aromatic carbocycles. The lowest BCUT2D eigenvalue weighted by Gasteiger charge is -2.17. The van der Waals surface area contributed by atoms with Gasteiger partial charge in [0.05, 0.1) is 6.42 Å². The number of benzene rings is 2. The molecule has 5 heteroatoms. The molecular formula is C18H18F2N2O. The first-order valence-electron chi connectivity index (χ1n) is 7.57. The van der Waals surface area contributed by atoms with Crippen molar-refractivity contribution in [2.45, 2.75) is 18.4 Å². The molecule has 1 aliphatic rings. The van der Waals surface area contributed by atoms with Crippen LogP contribution in [-0.4, -0.2) is 29.9 Å². The van der Waals surface area contributed by atoms with E-state index in [2.05, 4.69) is 0 Å². The van der Waals surface area contributed by atoms with Crippen molar-refractivity contribution < 1.29 is 13.6 Å². The molecule has 3 rings (SSSR count). The lowest BCUT2D eigenvalue weighted by molar-refractivity contribution is -0.129. The molecule has 2 N–H and O–H groups in total. The Morgan fingerprint density at radius 2 is 1.70 bits per heavy atom. The third-order valence-corrected chi connectivity index (χ3v) is 4.34. The lowest BCUT2D eigenvalue weighted by Crippen LogP contribution is -2.33. The Hall–Kier alpha value is -2.27. The summed E-state index contributed by atoms with van der Waals surface area (Å²) in [6, 6.07) is 13.2. The third-order valence-electron chi connectivity index (χ3n) is 4.34. The molecule has 0 bridgehead atoms. The number of nitrogens with zero attached hydrogens (tertiary/aromatic N) is 1. The molecule has 1 heterocycles. The molecule has 1 fully saturated rings. The highest BCUT2D eigenvalue weighted by Gasteiger charge is 2.34. The van der Waals surface area contributed by atoms with Crippen LogP contribution in [0.2, 0.25) is 0 Å². The van der Waals surface area contributed by atoms with E-state index in [0.29, 0.717) is 13.1 Å². The average molecular weight is 316 g/mol. The van der Waals surface area contributed by atoms with Crippen LogP contribution in [0, 0.1) is 11.6 Å². The Morgan fingerprint density at radius 3 is 2.35 bits per heavy atom. The van der Waals surface area contributed by atoms with Gasteiger partial charge < -0.3 is 10.6 Å². The van der Waals surface area contributed by atoms with E-state index in [1.54, 1.807) is 4.90 Å². The fourth-order valence-corrected chi connectivity index (χ4v) is 3.05. The molecular weight excluding hydrogens is 298 g/mol. The zero-order valence-electron chi connectivity index (χ0n) is 12.6. The summed E-state index contributed by atoms with van der Waals surface area (Å²) < 4.78 is 27.4. The first-order valence-corrected chi connectivity index (χ1v) is 7.57. The van der Waals surface area contributed by atoms with Gasteiger partial charge in [0.15, 0.2) is 0 Å². The second-order valence-corrected chi connectivity index (χ2v) is 5.86. The number of likely N-dealkylation sites (tertiary alicyclic amines) is 1. The molecule has 0 aromatic heterocycles. The topological polar surface area (TPSA) is 46.3 Å². The summed E-state index contributed by atoms with van der Waals surface area (Å²) in [5, 5.41) is 0. The molecule has 0 unspecified atom stereocenters. The van der Waals surface area contributed by atoms with Crippen molar-refractivity contribution in [3.8, 4) is 0 Å². The first kappa shape index (κ1) is 15.6. The van der Waals surface area contributed by atoms with Crippen molar-refractivity contribution >= 4 is 5.91 Å². The van der Waals surface area contributed by atoms with Crippen molar-refractivity contribution in [3.05, 3.63) is 71.3 Å². The summed E-state index contributed by atoms with van der Waals surface area (Å²) in [5.41, 5.74) is 7.04. The predicted molar refractivity (Wildman–Crippen MR) is 83.8 cm³/mol. The van der Waals surface area contributed by atoms with Gasteiger partial charge in [-0.1, -0.05) is 36.4 Å². The van der Waals surface area contributed by atoms with Crippen molar-refractivity contribution in [2.24, 2.45) is 5.73 Å². The molecule has 2 atom stereocenters. The van der Waals surface area contributed by atoms with Gasteiger partial charge in [0, 0.05) is 30.6 Å². The van der Waals surface area contributed by atoms with Crippen LogP contribution < -0.4 is 5.73 Å². The summed E-state index contributed by atoms with van der Waals surface area (Å²) in [5.74, 6) is -1.64. The lowest BCUT2D eigenvalue weighted by atomic mass is 9.95. The van der Waals surface area contributed by atoms with E-state index in [-0.39, 0.29) is 29.9 Å². The van der Waals surface area contributed by atoms with Crippen molar-refractivity contribution in [2.75, 3.05) is 13.1 Å². The van der Waals surface area contributed by atoms with Crippen LogP contribution in [0.15, 0.2) is 48.5 Å². The van der Waals surface area contributed by atoms with E-state index in [0.717, 1.165) is 17.7 Å². The minimum Gasteiger partial charge on any atom is -0.340 e. The molecule has 1 aliphatic heterocycles. The summed E-state index contributed by atoms with van der Waals surface area (Å²) in [6.07, 6.45) is -0.285. The summed E-state index contributed by atoms with van der Waals surface area (Å²) in [7, 11) is 0. The van der Waals surface area contributed by atoms with Gasteiger partial charge in [-0.2, -0.15) is 0 Å².